The number of rotatable bonds is 5. The molecule has 7 nitrogen and oxygen atoms in total. The van der Waals surface area contributed by atoms with Gasteiger partial charge in [-0.3, -0.25) is 24.5 Å². The van der Waals surface area contributed by atoms with Crippen LogP contribution >= 0.6 is 0 Å². The average Bonchev–Trinajstić information content (AvgIpc) is 3.00. The lowest BCUT2D eigenvalue weighted by molar-refractivity contribution is -0.157. The zero-order valence-electron chi connectivity index (χ0n) is 18.3. The van der Waals surface area contributed by atoms with E-state index < -0.39 is 5.41 Å². The molecule has 1 amide bonds. The molecular weight excluding hydrogens is 392 g/mol. The van der Waals surface area contributed by atoms with Crippen molar-refractivity contribution in [3.63, 3.8) is 0 Å². The maximum atomic E-state index is 13.2. The molecule has 0 aromatic carbocycles. The Hall–Kier alpha value is -2.80. The molecule has 2 aromatic heterocycles. The molecule has 2 fully saturated rings. The number of hydrogen-bond donors (Lipinski definition) is 0. The fourth-order valence-corrected chi connectivity index (χ4v) is 5.04. The number of esters is 1. The van der Waals surface area contributed by atoms with E-state index in [2.05, 4.69) is 14.9 Å². The standard InChI is InChI=1S/C24H30N4O3/c1-3-31-23(30)24-10-6-12-28(22(29)19-8-5-11-25-13-19)15-20(24)14-27(17-24)16-21-9-4-7-18(2)26-21/h4-5,7-9,11,13,20H,3,6,10,12,14-17H2,1-2H3/t20-,24+/m1/s1. The number of carbonyl (C=O) groups excluding carboxylic acids is 2. The maximum Gasteiger partial charge on any atom is 0.313 e. The Labute approximate surface area is 183 Å². The SMILES string of the molecule is CCOC(=O)[C@]12CCCN(C(=O)c3cccnc3)C[C@H]1CN(Cc1cccc(C)n1)C2. The van der Waals surface area contributed by atoms with Gasteiger partial charge in [0.1, 0.15) is 0 Å². The number of aryl methyl sites for hydroxylation is 1. The minimum absolute atomic E-state index is 0.0217. The van der Waals surface area contributed by atoms with Crippen LogP contribution in [0.1, 0.15) is 41.5 Å². The second kappa shape index (κ2) is 9.14. The molecule has 4 rings (SSSR count). The van der Waals surface area contributed by atoms with Crippen LogP contribution in [0.25, 0.3) is 0 Å². The van der Waals surface area contributed by atoms with E-state index >= 15 is 0 Å². The van der Waals surface area contributed by atoms with E-state index in [1.165, 1.54) is 0 Å². The molecule has 2 aliphatic heterocycles. The second-order valence-corrected chi connectivity index (χ2v) is 8.61. The minimum atomic E-state index is -0.580. The molecule has 0 bridgehead atoms. The van der Waals surface area contributed by atoms with E-state index in [0.29, 0.717) is 38.3 Å². The van der Waals surface area contributed by atoms with Crippen LogP contribution < -0.4 is 0 Å². The number of nitrogens with zero attached hydrogens (tertiary/aromatic N) is 4. The van der Waals surface area contributed by atoms with E-state index in [-0.39, 0.29) is 17.8 Å². The van der Waals surface area contributed by atoms with E-state index in [9.17, 15) is 9.59 Å². The highest BCUT2D eigenvalue weighted by atomic mass is 16.5. The molecule has 0 aliphatic carbocycles. The quantitative estimate of drug-likeness (QED) is 0.690. The zero-order chi connectivity index (χ0) is 21.8. The van der Waals surface area contributed by atoms with Gasteiger partial charge in [-0.2, -0.15) is 0 Å². The number of aromatic nitrogens is 2. The van der Waals surface area contributed by atoms with Gasteiger partial charge < -0.3 is 9.64 Å². The number of fused-ring (bicyclic) bond motifs is 1. The second-order valence-electron chi connectivity index (χ2n) is 8.61. The fraction of sp³-hybridized carbons (Fsp3) is 0.500. The molecule has 0 saturated carbocycles. The van der Waals surface area contributed by atoms with Crippen LogP contribution in [0.15, 0.2) is 42.7 Å². The first-order valence-electron chi connectivity index (χ1n) is 11.0. The molecule has 0 unspecified atom stereocenters. The summed E-state index contributed by atoms with van der Waals surface area (Å²) in [4.78, 5) is 39.2. The Kier molecular flexibility index (Phi) is 6.32. The third-order valence-electron chi connectivity index (χ3n) is 6.47. The summed E-state index contributed by atoms with van der Waals surface area (Å²) in [6.45, 7) is 7.46. The zero-order valence-corrected chi connectivity index (χ0v) is 18.3. The highest BCUT2D eigenvalue weighted by molar-refractivity contribution is 5.94. The summed E-state index contributed by atoms with van der Waals surface area (Å²) in [5.74, 6) is -0.124. The van der Waals surface area contributed by atoms with Gasteiger partial charge in [0, 0.05) is 56.7 Å². The molecule has 31 heavy (non-hydrogen) atoms. The van der Waals surface area contributed by atoms with Crippen LogP contribution in [0, 0.1) is 18.3 Å². The van der Waals surface area contributed by atoms with Crippen molar-refractivity contribution in [2.75, 3.05) is 32.8 Å². The molecule has 2 saturated heterocycles. The highest BCUT2D eigenvalue weighted by Crippen LogP contribution is 2.44. The summed E-state index contributed by atoms with van der Waals surface area (Å²) in [7, 11) is 0. The summed E-state index contributed by atoms with van der Waals surface area (Å²) in [5, 5.41) is 0. The van der Waals surface area contributed by atoms with Crippen LogP contribution in [0.5, 0.6) is 0 Å². The van der Waals surface area contributed by atoms with Crippen LogP contribution in [0.2, 0.25) is 0 Å². The molecule has 7 heteroatoms. The maximum absolute atomic E-state index is 13.2. The van der Waals surface area contributed by atoms with Crippen molar-refractivity contribution in [1.29, 1.82) is 0 Å². The summed E-state index contributed by atoms with van der Waals surface area (Å²) in [6.07, 6.45) is 4.78. The van der Waals surface area contributed by atoms with Crippen molar-refractivity contribution in [3.05, 3.63) is 59.7 Å². The molecule has 2 aromatic rings. The van der Waals surface area contributed by atoms with Crippen LogP contribution in [0.3, 0.4) is 0 Å². The third-order valence-corrected chi connectivity index (χ3v) is 6.47. The monoisotopic (exact) mass is 422 g/mol. The summed E-state index contributed by atoms with van der Waals surface area (Å²) in [6, 6.07) is 9.60. The molecule has 0 radical (unpaired) electrons. The van der Waals surface area contributed by atoms with Crippen molar-refractivity contribution in [2.24, 2.45) is 11.3 Å². The summed E-state index contributed by atoms with van der Waals surface area (Å²) >= 11 is 0. The molecule has 0 N–H and O–H groups in total. The Balaban J connectivity index is 1.57. The van der Waals surface area contributed by atoms with Crippen LogP contribution in [-0.4, -0.2) is 64.4 Å². The first kappa shape index (κ1) is 21.4. The van der Waals surface area contributed by atoms with Gasteiger partial charge in [-0.25, -0.2) is 0 Å². The van der Waals surface area contributed by atoms with Crippen LogP contribution in [0.4, 0.5) is 0 Å². The Morgan fingerprint density at radius 3 is 2.84 bits per heavy atom. The number of amides is 1. The smallest absolute Gasteiger partial charge is 0.313 e. The molecular formula is C24H30N4O3. The third kappa shape index (κ3) is 4.46. The van der Waals surface area contributed by atoms with Gasteiger partial charge in [0.15, 0.2) is 0 Å². The van der Waals surface area contributed by atoms with E-state index in [1.54, 1.807) is 24.5 Å². The van der Waals surface area contributed by atoms with Gasteiger partial charge in [-0.1, -0.05) is 6.07 Å². The Morgan fingerprint density at radius 2 is 2.10 bits per heavy atom. The lowest BCUT2D eigenvalue weighted by Gasteiger charge is -2.31. The first-order valence-corrected chi connectivity index (χ1v) is 11.0. The van der Waals surface area contributed by atoms with E-state index in [1.807, 2.05) is 36.9 Å². The first-order chi connectivity index (χ1) is 15.0. The van der Waals surface area contributed by atoms with Gasteiger partial charge >= 0.3 is 5.97 Å². The molecule has 2 atom stereocenters. The normalized spacial score (nSPS) is 23.8. The molecule has 2 aliphatic rings. The van der Waals surface area contributed by atoms with Crippen molar-refractivity contribution in [3.8, 4) is 0 Å². The number of hydrogen-bond acceptors (Lipinski definition) is 6. The fourth-order valence-electron chi connectivity index (χ4n) is 5.04. The van der Waals surface area contributed by atoms with Gasteiger partial charge in [-0.15, -0.1) is 0 Å². The van der Waals surface area contributed by atoms with Crippen molar-refractivity contribution >= 4 is 11.9 Å². The van der Waals surface area contributed by atoms with Gasteiger partial charge in [0.05, 0.1) is 23.3 Å². The topological polar surface area (TPSA) is 75.6 Å². The van der Waals surface area contributed by atoms with Crippen molar-refractivity contribution in [1.82, 2.24) is 19.8 Å². The summed E-state index contributed by atoms with van der Waals surface area (Å²) in [5.41, 5.74) is 1.99. The van der Waals surface area contributed by atoms with Gasteiger partial charge in [-0.05, 0) is 51.0 Å². The largest absolute Gasteiger partial charge is 0.466 e. The number of pyridine rings is 2. The van der Waals surface area contributed by atoms with Gasteiger partial charge in [0.2, 0.25) is 0 Å². The Morgan fingerprint density at radius 1 is 1.23 bits per heavy atom. The number of ether oxygens (including phenoxy) is 1. The lowest BCUT2D eigenvalue weighted by Crippen LogP contribution is -2.43. The molecule has 4 heterocycles. The van der Waals surface area contributed by atoms with Gasteiger partial charge in [0.25, 0.3) is 5.91 Å². The average molecular weight is 423 g/mol. The predicted molar refractivity (Wildman–Crippen MR) is 116 cm³/mol. The van der Waals surface area contributed by atoms with E-state index in [0.717, 1.165) is 30.8 Å². The Bertz CT molecular complexity index is 935. The van der Waals surface area contributed by atoms with Crippen molar-refractivity contribution in [2.45, 2.75) is 33.2 Å². The highest BCUT2D eigenvalue weighted by Gasteiger charge is 2.54. The molecule has 164 valence electrons. The number of carbonyl (C=O) groups is 2. The van der Waals surface area contributed by atoms with Crippen LogP contribution in [-0.2, 0) is 16.1 Å². The molecule has 0 spiro atoms. The van der Waals surface area contributed by atoms with Crippen molar-refractivity contribution < 1.29 is 14.3 Å². The lowest BCUT2D eigenvalue weighted by atomic mass is 9.75. The predicted octanol–water partition coefficient (Wildman–Crippen LogP) is 2.70. The summed E-state index contributed by atoms with van der Waals surface area (Å²) < 4.78 is 5.54. The number of likely N-dealkylation sites (tertiary alicyclic amines) is 2. The minimum Gasteiger partial charge on any atom is -0.466 e. The van der Waals surface area contributed by atoms with E-state index in [4.69, 9.17) is 4.74 Å².